The molecule has 0 spiro atoms. The first-order chi connectivity index (χ1) is 18.6. The Labute approximate surface area is 238 Å². The van der Waals surface area contributed by atoms with E-state index in [2.05, 4.69) is 45.7 Å². The highest BCUT2D eigenvalue weighted by Crippen LogP contribution is 2.74. The number of ketones is 2. The number of Topliss-reactive ketones (excluding diaryl/α,β-unsaturated/α-hetero) is 1. The molecule has 1 aromatic rings. The minimum atomic E-state index is -0.677. The van der Waals surface area contributed by atoms with Crippen molar-refractivity contribution in [1.82, 2.24) is 9.55 Å². The van der Waals surface area contributed by atoms with E-state index >= 15 is 0 Å². The minimum absolute atomic E-state index is 0.0241. The van der Waals surface area contributed by atoms with Crippen molar-refractivity contribution >= 4 is 17.5 Å². The largest absolute Gasteiger partial charge is 0.295 e. The summed E-state index contributed by atoms with van der Waals surface area (Å²) in [6, 6.07) is 2.18. The predicted molar refractivity (Wildman–Crippen MR) is 152 cm³/mol. The summed E-state index contributed by atoms with van der Waals surface area (Å²) < 4.78 is 1.64. The second-order valence-electron chi connectivity index (χ2n) is 15.7. The van der Waals surface area contributed by atoms with Gasteiger partial charge in [0, 0.05) is 29.1 Å². The number of carbonyl (C=O) groups excluding carboxylic acids is 3. The molecule has 0 bridgehead atoms. The molecule has 7 atom stereocenters. The van der Waals surface area contributed by atoms with Crippen LogP contribution in [0, 0.1) is 61.6 Å². The number of fused-ring (bicyclic) bond motifs is 7. The Bertz CT molecular complexity index is 1420. The fraction of sp³-hybridized carbons (Fsp3) is 0.676. The van der Waals surface area contributed by atoms with Crippen molar-refractivity contribution in [1.29, 1.82) is 5.26 Å². The zero-order valence-electron chi connectivity index (χ0n) is 25.1. The van der Waals surface area contributed by atoms with Gasteiger partial charge in [-0.25, -0.2) is 4.98 Å². The maximum Gasteiger partial charge on any atom is 0.238 e. The molecule has 1 aromatic heterocycles. The van der Waals surface area contributed by atoms with Gasteiger partial charge in [0.1, 0.15) is 12.4 Å². The summed E-state index contributed by atoms with van der Waals surface area (Å²) in [5.74, 6) is -0.144. The Morgan fingerprint density at radius 1 is 1.02 bits per heavy atom. The molecule has 6 nitrogen and oxygen atoms in total. The summed E-state index contributed by atoms with van der Waals surface area (Å²) in [6.45, 7) is 15.3. The van der Waals surface area contributed by atoms with Crippen LogP contribution in [-0.2, 0) is 9.59 Å². The molecular weight excluding hydrogens is 498 g/mol. The lowest BCUT2D eigenvalue weighted by Gasteiger charge is -2.69. The van der Waals surface area contributed by atoms with Crippen LogP contribution in [0.1, 0.15) is 98.2 Å². The molecule has 0 amide bonds. The van der Waals surface area contributed by atoms with Gasteiger partial charge >= 0.3 is 0 Å². The molecule has 0 radical (unpaired) electrons. The van der Waals surface area contributed by atoms with E-state index in [1.165, 1.54) is 0 Å². The van der Waals surface area contributed by atoms with Gasteiger partial charge in [-0.2, -0.15) is 5.26 Å². The average molecular weight is 542 g/mol. The van der Waals surface area contributed by atoms with E-state index in [1.807, 2.05) is 26.0 Å². The molecule has 6 heteroatoms. The Morgan fingerprint density at radius 3 is 2.38 bits per heavy atom. The summed E-state index contributed by atoms with van der Waals surface area (Å²) in [7, 11) is 0. The number of nitrogens with zero attached hydrogens (tertiary/aromatic N) is 3. The number of imidazole rings is 1. The highest BCUT2D eigenvalue weighted by molar-refractivity contribution is 6.04. The second-order valence-corrected chi connectivity index (χ2v) is 15.7. The molecule has 3 fully saturated rings. The van der Waals surface area contributed by atoms with Gasteiger partial charge in [-0.3, -0.25) is 19.0 Å². The summed E-state index contributed by atoms with van der Waals surface area (Å²) in [4.78, 5) is 46.2. The van der Waals surface area contributed by atoms with Crippen molar-refractivity contribution in [2.24, 2.45) is 50.2 Å². The van der Waals surface area contributed by atoms with E-state index in [0.29, 0.717) is 0 Å². The normalized spacial score (nSPS) is 43.2. The SMILES string of the molecule is CC1(C)CC[C@]2(C(=O)n3ccnc3)CC[C@]3(C)C(C(=O)C=C4[C@@]5(C)C=C(C#N)C(=O)C(C)(C)C5CC[C@]43C)C2C1. The van der Waals surface area contributed by atoms with Gasteiger partial charge in [-0.15, -0.1) is 0 Å². The highest BCUT2D eigenvalue weighted by Gasteiger charge is 2.70. The van der Waals surface area contributed by atoms with Crippen LogP contribution in [-0.4, -0.2) is 27.0 Å². The zero-order chi connectivity index (χ0) is 29.1. The molecule has 1 heterocycles. The number of aromatic nitrogens is 2. The molecule has 5 aliphatic carbocycles. The quantitative estimate of drug-likeness (QED) is 0.392. The third-order valence-corrected chi connectivity index (χ3v) is 13.0. The standard InChI is InChI=1S/C34H43N3O3/c1-29(2)10-12-34(28(40)37-15-14-36-20-37)13-11-33(7)26(22(34)18-29)23(38)16-25-31(5)17-21(19-35)27(39)30(3,4)24(31)8-9-32(25,33)6/h14-17,20,22,24,26H,8-13,18H2,1-7H3/t22?,24?,26?,31-,32+,33+,34-/m0/s1. The van der Waals surface area contributed by atoms with Crippen LogP contribution in [0.4, 0.5) is 0 Å². The van der Waals surface area contributed by atoms with E-state index in [1.54, 1.807) is 23.3 Å². The van der Waals surface area contributed by atoms with Crippen LogP contribution in [0.2, 0.25) is 0 Å². The first-order valence-electron chi connectivity index (χ1n) is 15.0. The predicted octanol–water partition coefficient (Wildman–Crippen LogP) is 6.74. The lowest BCUT2D eigenvalue weighted by atomic mass is 9.34. The summed E-state index contributed by atoms with van der Waals surface area (Å²) in [5.41, 5.74) is -1.05. The van der Waals surface area contributed by atoms with E-state index in [-0.39, 0.29) is 57.0 Å². The van der Waals surface area contributed by atoms with Crippen molar-refractivity contribution in [2.45, 2.75) is 93.4 Å². The highest BCUT2D eigenvalue weighted by atomic mass is 16.2. The van der Waals surface area contributed by atoms with Crippen molar-refractivity contribution < 1.29 is 14.4 Å². The fourth-order valence-corrected chi connectivity index (χ4v) is 10.6. The lowest BCUT2D eigenvalue weighted by Crippen LogP contribution is -2.66. The topological polar surface area (TPSA) is 92.8 Å². The van der Waals surface area contributed by atoms with Gasteiger partial charge in [0.2, 0.25) is 5.91 Å². The second kappa shape index (κ2) is 8.14. The molecule has 3 unspecified atom stereocenters. The number of hydrogen-bond acceptors (Lipinski definition) is 5. The van der Waals surface area contributed by atoms with Gasteiger partial charge in [-0.05, 0) is 79.1 Å². The number of carbonyl (C=O) groups is 3. The fourth-order valence-electron chi connectivity index (χ4n) is 10.6. The monoisotopic (exact) mass is 541 g/mol. The molecule has 0 aromatic carbocycles. The lowest BCUT2D eigenvalue weighted by molar-refractivity contribution is -0.164. The number of nitriles is 1. The molecule has 6 rings (SSSR count). The molecule has 0 aliphatic heterocycles. The molecule has 212 valence electrons. The van der Waals surface area contributed by atoms with E-state index in [9.17, 15) is 19.6 Å². The Hall–Kier alpha value is -2.81. The minimum Gasteiger partial charge on any atom is -0.295 e. The van der Waals surface area contributed by atoms with Gasteiger partial charge in [0.15, 0.2) is 11.6 Å². The Morgan fingerprint density at radius 2 is 1.73 bits per heavy atom. The Balaban J connectivity index is 1.53. The summed E-state index contributed by atoms with van der Waals surface area (Å²) in [5, 5.41) is 9.92. The smallest absolute Gasteiger partial charge is 0.238 e. The van der Waals surface area contributed by atoms with Crippen molar-refractivity contribution in [2.75, 3.05) is 0 Å². The zero-order valence-corrected chi connectivity index (χ0v) is 25.1. The first-order valence-corrected chi connectivity index (χ1v) is 15.0. The number of allylic oxidation sites excluding steroid dienone is 4. The maximum atomic E-state index is 14.6. The molecule has 0 N–H and O–H groups in total. The summed E-state index contributed by atoms with van der Waals surface area (Å²) in [6.07, 6.45) is 14.7. The van der Waals surface area contributed by atoms with E-state index < -0.39 is 16.2 Å². The van der Waals surface area contributed by atoms with Gasteiger partial charge in [0.25, 0.3) is 0 Å². The van der Waals surface area contributed by atoms with Gasteiger partial charge < -0.3 is 0 Å². The van der Waals surface area contributed by atoms with Crippen LogP contribution >= 0.6 is 0 Å². The molecule has 40 heavy (non-hydrogen) atoms. The van der Waals surface area contributed by atoms with Crippen LogP contribution in [0.25, 0.3) is 0 Å². The van der Waals surface area contributed by atoms with Crippen molar-refractivity contribution in [3.8, 4) is 6.07 Å². The number of hydrogen-bond donors (Lipinski definition) is 0. The first kappa shape index (κ1) is 27.4. The van der Waals surface area contributed by atoms with Crippen LogP contribution in [0.15, 0.2) is 42.0 Å². The third-order valence-electron chi connectivity index (χ3n) is 13.0. The van der Waals surface area contributed by atoms with Crippen LogP contribution in [0.5, 0.6) is 0 Å². The molecule has 3 saturated carbocycles. The van der Waals surface area contributed by atoms with Crippen molar-refractivity contribution in [3.63, 3.8) is 0 Å². The third kappa shape index (κ3) is 3.21. The number of rotatable bonds is 1. The van der Waals surface area contributed by atoms with E-state index in [4.69, 9.17) is 0 Å². The average Bonchev–Trinajstić information content (AvgIpc) is 3.42. The summed E-state index contributed by atoms with van der Waals surface area (Å²) >= 11 is 0. The maximum absolute atomic E-state index is 14.6. The molecule has 0 saturated heterocycles. The van der Waals surface area contributed by atoms with E-state index in [0.717, 1.165) is 50.5 Å². The van der Waals surface area contributed by atoms with Crippen LogP contribution < -0.4 is 0 Å². The van der Waals surface area contributed by atoms with Gasteiger partial charge in [0.05, 0.1) is 11.0 Å². The van der Waals surface area contributed by atoms with Gasteiger partial charge in [-0.1, -0.05) is 60.1 Å². The van der Waals surface area contributed by atoms with Crippen LogP contribution in [0.3, 0.4) is 0 Å². The van der Waals surface area contributed by atoms with Crippen molar-refractivity contribution in [3.05, 3.63) is 42.0 Å². The Kier molecular flexibility index (Phi) is 5.57. The molecule has 5 aliphatic rings. The molecular formula is C34H43N3O3.